The monoisotopic (exact) mass is 288 g/mol. The van der Waals surface area contributed by atoms with Gasteiger partial charge in [-0.2, -0.15) is 0 Å². The van der Waals surface area contributed by atoms with Crippen LogP contribution in [0.4, 0.5) is 5.69 Å². The number of nitrogen functional groups attached to an aromatic ring is 1. The third-order valence-corrected chi connectivity index (χ3v) is 2.98. The van der Waals surface area contributed by atoms with E-state index in [0.29, 0.717) is 0 Å². The molecular formula is C12H9BrN4. The molecule has 0 aliphatic rings. The Labute approximate surface area is 106 Å². The fourth-order valence-corrected chi connectivity index (χ4v) is 2.04. The topological polar surface area (TPSA) is 56.2 Å². The third kappa shape index (κ3) is 1.78. The lowest BCUT2D eigenvalue weighted by Gasteiger charge is -2.02. The standard InChI is InChI=1S/C12H9BrN4/c13-11-7-17-10(5-16-12(17)6-15-11)8-1-3-9(14)4-2-8/h1-7H,14H2. The molecule has 0 saturated heterocycles. The van der Waals surface area contributed by atoms with E-state index in [1.165, 1.54) is 0 Å². The second-order valence-electron chi connectivity index (χ2n) is 3.70. The van der Waals surface area contributed by atoms with Crippen LogP contribution in [0, 0.1) is 0 Å². The van der Waals surface area contributed by atoms with E-state index in [1.807, 2.05) is 41.1 Å². The summed E-state index contributed by atoms with van der Waals surface area (Å²) in [5.74, 6) is 0. The lowest BCUT2D eigenvalue weighted by Crippen LogP contribution is -1.90. The minimum atomic E-state index is 0.755. The van der Waals surface area contributed by atoms with Gasteiger partial charge in [0.2, 0.25) is 0 Å². The SMILES string of the molecule is Nc1ccc(-c2cnc3cnc(Br)cn23)cc1. The maximum Gasteiger partial charge on any atom is 0.155 e. The molecule has 0 aliphatic heterocycles. The van der Waals surface area contributed by atoms with Gasteiger partial charge in [-0.1, -0.05) is 12.1 Å². The van der Waals surface area contributed by atoms with E-state index in [-0.39, 0.29) is 0 Å². The number of rotatable bonds is 1. The van der Waals surface area contributed by atoms with Crippen molar-refractivity contribution in [2.24, 2.45) is 0 Å². The molecular weight excluding hydrogens is 280 g/mol. The second kappa shape index (κ2) is 3.85. The fraction of sp³-hybridized carbons (Fsp3) is 0. The number of anilines is 1. The van der Waals surface area contributed by atoms with E-state index in [9.17, 15) is 0 Å². The van der Waals surface area contributed by atoms with Gasteiger partial charge >= 0.3 is 0 Å². The molecule has 2 N–H and O–H groups in total. The summed E-state index contributed by atoms with van der Waals surface area (Å²) >= 11 is 3.36. The van der Waals surface area contributed by atoms with Crippen LogP contribution in [0.3, 0.4) is 0 Å². The van der Waals surface area contributed by atoms with E-state index in [1.54, 1.807) is 6.20 Å². The number of nitrogens with zero attached hydrogens (tertiary/aromatic N) is 3. The molecule has 0 saturated carbocycles. The summed E-state index contributed by atoms with van der Waals surface area (Å²) in [4.78, 5) is 8.45. The van der Waals surface area contributed by atoms with Gasteiger partial charge in [-0.3, -0.25) is 4.40 Å². The van der Waals surface area contributed by atoms with Crippen LogP contribution in [-0.2, 0) is 0 Å². The summed E-state index contributed by atoms with van der Waals surface area (Å²) in [6, 6.07) is 7.72. The predicted octanol–water partition coefficient (Wildman–Crippen LogP) is 2.74. The number of imidazole rings is 1. The zero-order chi connectivity index (χ0) is 11.8. The molecule has 0 radical (unpaired) electrons. The Hall–Kier alpha value is -1.88. The molecule has 17 heavy (non-hydrogen) atoms. The van der Waals surface area contributed by atoms with Gasteiger partial charge in [-0.15, -0.1) is 0 Å². The number of benzene rings is 1. The van der Waals surface area contributed by atoms with Crippen molar-refractivity contribution < 1.29 is 0 Å². The van der Waals surface area contributed by atoms with Gasteiger partial charge < -0.3 is 5.73 Å². The van der Waals surface area contributed by atoms with Gasteiger partial charge in [0.05, 0.1) is 18.1 Å². The maximum atomic E-state index is 5.68. The number of hydrogen-bond acceptors (Lipinski definition) is 3. The summed E-state index contributed by atoms with van der Waals surface area (Å²) in [6.45, 7) is 0. The summed E-state index contributed by atoms with van der Waals surface area (Å²) < 4.78 is 2.77. The summed E-state index contributed by atoms with van der Waals surface area (Å²) in [5, 5.41) is 0. The van der Waals surface area contributed by atoms with Crippen molar-refractivity contribution in [1.29, 1.82) is 0 Å². The van der Waals surface area contributed by atoms with Crippen LogP contribution in [0.1, 0.15) is 0 Å². The van der Waals surface area contributed by atoms with E-state index < -0.39 is 0 Å². The van der Waals surface area contributed by atoms with Crippen molar-refractivity contribution in [3.8, 4) is 11.3 Å². The highest BCUT2D eigenvalue weighted by Gasteiger charge is 2.06. The molecule has 4 nitrogen and oxygen atoms in total. The molecule has 0 amide bonds. The zero-order valence-electron chi connectivity index (χ0n) is 8.84. The Balaban J connectivity index is 2.23. The molecule has 0 fully saturated rings. The molecule has 0 unspecified atom stereocenters. The molecule has 3 aromatic rings. The highest BCUT2D eigenvalue weighted by atomic mass is 79.9. The van der Waals surface area contributed by atoms with Crippen molar-refractivity contribution >= 4 is 27.3 Å². The molecule has 0 aliphatic carbocycles. The van der Waals surface area contributed by atoms with Gasteiger partial charge in [-0.25, -0.2) is 9.97 Å². The molecule has 2 aromatic heterocycles. The number of fused-ring (bicyclic) bond motifs is 1. The average molecular weight is 289 g/mol. The van der Waals surface area contributed by atoms with Crippen molar-refractivity contribution in [2.45, 2.75) is 0 Å². The number of hydrogen-bond donors (Lipinski definition) is 1. The van der Waals surface area contributed by atoms with Crippen LogP contribution in [0.2, 0.25) is 0 Å². The smallest absolute Gasteiger partial charge is 0.155 e. The van der Waals surface area contributed by atoms with Crippen LogP contribution in [0.25, 0.3) is 16.9 Å². The Kier molecular flexibility index (Phi) is 2.33. The second-order valence-corrected chi connectivity index (χ2v) is 4.52. The predicted molar refractivity (Wildman–Crippen MR) is 70.5 cm³/mol. The zero-order valence-corrected chi connectivity index (χ0v) is 10.4. The molecule has 84 valence electrons. The van der Waals surface area contributed by atoms with Crippen LogP contribution in [0.5, 0.6) is 0 Å². The minimum absolute atomic E-state index is 0.755. The lowest BCUT2D eigenvalue weighted by atomic mass is 10.1. The van der Waals surface area contributed by atoms with Gasteiger partial charge in [0.15, 0.2) is 5.65 Å². The van der Waals surface area contributed by atoms with E-state index >= 15 is 0 Å². The Bertz CT molecular complexity index is 673. The third-order valence-electron chi connectivity index (χ3n) is 2.57. The molecule has 3 rings (SSSR count). The van der Waals surface area contributed by atoms with Crippen LogP contribution < -0.4 is 5.73 Å². The van der Waals surface area contributed by atoms with E-state index in [0.717, 1.165) is 27.2 Å². The molecule has 2 heterocycles. The molecule has 0 bridgehead atoms. The first kappa shape index (κ1) is 10.3. The first-order valence-corrected chi connectivity index (χ1v) is 5.88. The van der Waals surface area contributed by atoms with Gasteiger partial charge in [-0.05, 0) is 28.1 Å². The van der Waals surface area contributed by atoms with Crippen molar-refractivity contribution in [1.82, 2.24) is 14.4 Å². The molecule has 0 spiro atoms. The first-order chi connectivity index (χ1) is 8.24. The highest BCUT2D eigenvalue weighted by molar-refractivity contribution is 9.10. The Morgan fingerprint density at radius 1 is 1.06 bits per heavy atom. The maximum absolute atomic E-state index is 5.68. The molecule has 0 atom stereocenters. The van der Waals surface area contributed by atoms with Gasteiger partial charge in [0.25, 0.3) is 0 Å². The summed E-state index contributed by atoms with van der Waals surface area (Å²) in [5.41, 5.74) is 9.34. The number of aromatic nitrogens is 3. The first-order valence-electron chi connectivity index (χ1n) is 5.08. The van der Waals surface area contributed by atoms with Crippen LogP contribution in [0.15, 0.2) is 47.5 Å². The number of halogens is 1. The van der Waals surface area contributed by atoms with E-state index in [2.05, 4.69) is 25.9 Å². The van der Waals surface area contributed by atoms with E-state index in [4.69, 9.17) is 5.73 Å². The minimum Gasteiger partial charge on any atom is -0.399 e. The molecule has 5 heteroatoms. The lowest BCUT2D eigenvalue weighted by molar-refractivity contribution is 1.11. The summed E-state index contributed by atoms with van der Waals surface area (Å²) in [6.07, 6.45) is 5.45. The quantitative estimate of drug-likeness (QED) is 0.701. The van der Waals surface area contributed by atoms with Crippen LogP contribution in [-0.4, -0.2) is 14.4 Å². The highest BCUT2D eigenvalue weighted by Crippen LogP contribution is 2.22. The fourth-order valence-electron chi connectivity index (χ4n) is 1.73. The van der Waals surface area contributed by atoms with Gasteiger partial charge in [0.1, 0.15) is 4.60 Å². The van der Waals surface area contributed by atoms with Crippen molar-refractivity contribution in [2.75, 3.05) is 5.73 Å². The van der Waals surface area contributed by atoms with Crippen molar-refractivity contribution in [3.63, 3.8) is 0 Å². The molecule has 1 aromatic carbocycles. The largest absolute Gasteiger partial charge is 0.399 e. The summed E-state index contributed by atoms with van der Waals surface area (Å²) in [7, 11) is 0. The normalized spacial score (nSPS) is 10.9. The van der Waals surface area contributed by atoms with Gasteiger partial charge in [0, 0.05) is 17.4 Å². The van der Waals surface area contributed by atoms with Crippen molar-refractivity contribution in [3.05, 3.63) is 47.5 Å². The Morgan fingerprint density at radius 2 is 1.82 bits per heavy atom. The average Bonchev–Trinajstić information content (AvgIpc) is 2.73. The van der Waals surface area contributed by atoms with Crippen LogP contribution >= 0.6 is 15.9 Å². The Morgan fingerprint density at radius 3 is 2.59 bits per heavy atom. The number of nitrogens with two attached hydrogens (primary N) is 1.